The Hall–Kier alpha value is -0.0400. The molecule has 0 saturated heterocycles. The van der Waals surface area contributed by atoms with Gasteiger partial charge in [-0.05, 0) is 105 Å². The Kier molecular flexibility index (Phi) is 4.54. The van der Waals surface area contributed by atoms with E-state index in [0.717, 1.165) is 48.0 Å². The van der Waals surface area contributed by atoms with E-state index in [2.05, 4.69) is 13.8 Å². The molecule has 4 rings (SSSR count). The van der Waals surface area contributed by atoms with Crippen LogP contribution in [0.3, 0.4) is 0 Å². The predicted octanol–water partition coefficient (Wildman–Crippen LogP) is 5.93. The van der Waals surface area contributed by atoms with E-state index in [0.29, 0.717) is 5.41 Å². The number of hydrogen-bond acceptors (Lipinski definition) is 1. The highest BCUT2D eigenvalue weighted by Gasteiger charge is 2.56. The van der Waals surface area contributed by atoms with E-state index in [4.69, 9.17) is 4.74 Å². The second kappa shape index (κ2) is 6.36. The highest BCUT2D eigenvalue weighted by Crippen LogP contribution is 2.64. The molecule has 23 heavy (non-hydrogen) atoms. The lowest BCUT2D eigenvalue weighted by atomic mass is 9.49. The number of ether oxygens (including phenoxy) is 1. The van der Waals surface area contributed by atoms with Gasteiger partial charge in [0.25, 0.3) is 0 Å². The molecule has 0 aromatic rings. The maximum atomic E-state index is 5.46. The lowest BCUT2D eigenvalue weighted by Crippen LogP contribution is -2.48. The summed E-state index contributed by atoms with van der Waals surface area (Å²) in [7, 11) is 1.88. The predicted molar refractivity (Wildman–Crippen MR) is 96.3 cm³/mol. The lowest BCUT2D eigenvalue weighted by molar-refractivity contribution is -0.0719. The molecule has 8 atom stereocenters. The third-order valence-electron chi connectivity index (χ3n) is 9.15. The average molecular weight is 319 g/mol. The van der Waals surface area contributed by atoms with Crippen LogP contribution in [0.5, 0.6) is 0 Å². The van der Waals surface area contributed by atoms with Crippen LogP contribution < -0.4 is 0 Å². The maximum absolute atomic E-state index is 5.46. The van der Waals surface area contributed by atoms with Gasteiger partial charge in [-0.2, -0.15) is 0 Å². The Labute approximate surface area is 143 Å². The standard InChI is InChI=1S/C22H38O/c1-4-17-7-10-21-20-9-6-16-13-15(14-23-3)5-8-18(16)19(20)11-12-22(17,21)2/h15-21H,4-14H2,1-3H3. The van der Waals surface area contributed by atoms with Crippen LogP contribution in [0, 0.1) is 46.8 Å². The van der Waals surface area contributed by atoms with Crippen molar-refractivity contribution in [3.63, 3.8) is 0 Å². The minimum atomic E-state index is 0.704. The minimum absolute atomic E-state index is 0.704. The average Bonchev–Trinajstić information content (AvgIpc) is 2.91. The SMILES string of the molecule is CCC1CCC2C3CCC4CC(COC)CCC4C3CCC12C. The molecule has 0 N–H and O–H groups in total. The van der Waals surface area contributed by atoms with Gasteiger partial charge in [0.15, 0.2) is 0 Å². The maximum Gasteiger partial charge on any atom is 0.0490 e. The molecule has 1 nitrogen and oxygen atoms in total. The van der Waals surface area contributed by atoms with Gasteiger partial charge in [-0.1, -0.05) is 20.3 Å². The van der Waals surface area contributed by atoms with Crippen LogP contribution in [0.2, 0.25) is 0 Å². The molecular weight excluding hydrogens is 280 g/mol. The molecule has 4 aliphatic carbocycles. The first-order chi connectivity index (χ1) is 11.2. The van der Waals surface area contributed by atoms with Crippen molar-refractivity contribution in [2.24, 2.45) is 46.8 Å². The van der Waals surface area contributed by atoms with Crippen molar-refractivity contribution in [1.82, 2.24) is 0 Å². The smallest absolute Gasteiger partial charge is 0.0490 e. The summed E-state index contributed by atoms with van der Waals surface area (Å²) in [4.78, 5) is 0. The van der Waals surface area contributed by atoms with Crippen molar-refractivity contribution in [2.45, 2.75) is 78.1 Å². The monoisotopic (exact) mass is 318 g/mol. The summed E-state index contributed by atoms with van der Waals surface area (Å²) in [5, 5.41) is 0. The molecule has 1 heteroatoms. The zero-order valence-electron chi connectivity index (χ0n) is 15.7. The van der Waals surface area contributed by atoms with Crippen LogP contribution in [-0.4, -0.2) is 13.7 Å². The Morgan fingerprint density at radius 3 is 2.52 bits per heavy atom. The van der Waals surface area contributed by atoms with Gasteiger partial charge in [0.1, 0.15) is 0 Å². The van der Waals surface area contributed by atoms with Crippen molar-refractivity contribution >= 4 is 0 Å². The fraction of sp³-hybridized carbons (Fsp3) is 1.00. The van der Waals surface area contributed by atoms with E-state index in [1.807, 2.05) is 7.11 Å². The Morgan fingerprint density at radius 1 is 0.913 bits per heavy atom. The third kappa shape index (κ3) is 2.60. The first-order valence-electron chi connectivity index (χ1n) is 10.7. The molecule has 0 aliphatic heterocycles. The molecule has 4 saturated carbocycles. The summed E-state index contributed by atoms with van der Waals surface area (Å²) in [6.45, 7) is 6.13. The van der Waals surface area contributed by atoms with Crippen LogP contribution in [0.1, 0.15) is 78.1 Å². The van der Waals surface area contributed by atoms with Gasteiger partial charge in [0, 0.05) is 13.7 Å². The summed E-state index contributed by atoms with van der Waals surface area (Å²) < 4.78 is 5.46. The van der Waals surface area contributed by atoms with Gasteiger partial charge in [-0.25, -0.2) is 0 Å². The molecule has 4 aliphatic rings. The molecule has 4 fully saturated rings. The van der Waals surface area contributed by atoms with Gasteiger partial charge in [-0.15, -0.1) is 0 Å². The van der Waals surface area contributed by atoms with Crippen molar-refractivity contribution < 1.29 is 4.74 Å². The van der Waals surface area contributed by atoms with Crippen LogP contribution in [0.4, 0.5) is 0 Å². The summed E-state index contributed by atoms with van der Waals surface area (Å²) in [5.41, 5.74) is 0.704. The third-order valence-corrected chi connectivity index (χ3v) is 9.15. The highest BCUT2D eigenvalue weighted by atomic mass is 16.5. The highest BCUT2D eigenvalue weighted by molar-refractivity contribution is 5.05. The van der Waals surface area contributed by atoms with E-state index in [1.165, 1.54) is 38.5 Å². The van der Waals surface area contributed by atoms with Crippen LogP contribution >= 0.6 is 0 Å². The molecule has 0 heterocycles. The Bertz CT molecular complexity index is 418. The summed E-state index contributed by atoms with van der Waals surface area (Å²) in [6, 6.07) is 0. The summed E-state index contributed by atoms with van der Waals surface area (Å²) >= 11 is 0. The minimum Gasteiger partial charge on any atom is -0.384 e. The quantitative estimate of drug-likeness (QED) is 0.627. The number of hydrogen-bond donors (Lipinski definition) is 0. The molecule has 0 aromatic heterocycles. The van der Waals surface area contributed by atoms with Crippen molar-refractivity contribution in [3.8, 4) is 0 Å². The topological polar surface area (TPSA) is 9.23 Å². The fourth-order valence-electron chi connectivity index (χ4n) is 8.12. The molecule has 0 amide bonds. The van der Waals surface area contributed by atoms with Crippen LogP contribution in [-0.2, 0) is 4.74 Å². The molecular formula is C22H38O. The van der Waals surface area contributed by atoms with Gasteiger partial charge in [-0.3, -0.25) is 0 Å². The summed E-state index contributed by atoms with van der Waals surface area (Å²) in [5.74, 6) is 7.26. The zero-order chi connectivity index (χ0) is 16.0. The number of methoxy groups -OCH3 is 1. The second-order valence-corrected chi connectivity index (χ2v) is 9.80. The van der Waals surface area contributed by atoms with Gasteiger partial charge in [0.05, 0.1) is 0 Å². The first-order valence-corrected chi connectivity index (χ1v) is 10.7. The van der Waals surface area contributed by atoms with Gasteiger partial charge < -0.3 is 4.74 Å². The van der Waals surface area contributed by atoms with E-state index in [1.54, 1.807) is 25.7 Å². The lowest BCUT2D eigenvalue weighted by Gasteiger charge is -2.56. The van der Waals surface area contributed by atoms with Crippen LogP contribution in [0.25, 0.3) is 0 Å². The second-order valence-electron chi connectivity index (χ2n) is 9.80. The van der Waals surface area contributed by atoms with Crippen LogP contribution in [0.15, 0.2) is 0 Å². The molecule has 0 radical (unpaired) electrons. The van der Waals surface area contributed by atoms with E-state index >= 15 is 0 Å². The first kappa shape index (κ1) is 16.4. The Morgan fingerprint density at radius 2 is 1.74 bits per heavy atom. The van der Waals surface area contributed by atoms with Crippen molar-refractivity contribution in [1.29, 1.82) is 0 Å². The fourth-order valence-corrected chi connectivity index (χ4v) is 8.12. The Balaban J connectivity index is 1.48. The van der Waals surface area contributed by atoms with E-state index < -0.39 is 0 Å². The summed E-state index contributed by atoms with van der Waals surface area (Å²) in [6.07, 6.45) is 15.1. The van der Waals surface area contributed by atoms with E-state index in [-0.39, 0.29) is 0 Å². The molecule has 0 spiro atoms. The van der Waals surface area contributed by atoms with Crippen molar-refractivity contribution in [3.05, 3.63) is 0 Å². The zero-order valence-corrected chi connectivity index (χ0v) is 15.7. The van der Waals surface area contributed by atoms with Gasteiger partial charge >= 0.3 is 0 Å². The van der Waals surface area contributed by atoms with Crippen molar-refractivity contribution in [2.75, 3.05) is 13.7 Å². The number of rotatable bonds is 3. The molecule has 132 valence electrons. The van der Waals surface area contributed by atoms with E-state index in [9.17, 15) is 0 Å². The molecule has 0 aromatic carbocycles. The molecule has 0 bridgehead atoms. The molecule has 8 unspecified atom stereocenters. The van der Waals surface area contributed by atoms with Gasteiger partial charge in [0.2, 0.25) is 0 Å². The largest absolute Gasteiger partial charge is 0.384 e. The number of fused-ring (bicyclic) bond motifs is 5. The normalized spacial score (nSPS) is 52.6.